The number of nitrogens with one attached hydrogen (secondary N) is 1. The van der Waals surface area contributed by atoms with E-state index in [2.05, 4.69) is 4.72 Å². The Balaban J connectivity index is 2.75. The summed E-state index contributed by atoms with van der Waals surface area (Å²) < 4.78 is 49.4. The molecule has 124 valence electrons. The van der Waals surface area contributed by atoms with E-state index in [1.54, 1.807) is 13.8 Å². The second kappa shape index (κ2) is 6.62. The number of hydrogen-bond donors (Lipinski definition) is 2. The number of aliphatic carboxylic acids is 1. The molecule has 0 aromatic heterocycles. The molecule has 0 aliphatic carbocycles. The lowest BCUT2D eigenvalue weighted by Gasteiger charge is -2.29. The van der Waals surface area contributed by atoms with Crippen molar-refractivity contribution in [2.45, 2.75) is 44.8 Å². The van der Waals surface area contributed by atoms with Crippen molar-refractivity contribution in [3.63, 3.8) is 0 Å². The summed E-state index contributed by atoms with van der Waals surface area (Å²) in [7, 11) is -6.83. The van der Waals surface area contributed by atoms with Crippen LogP contribution in [-0.4, -0.2) is 51.2 Å². The van der Waals surface area contributed by atoms with E-state index in [4.69, 9.17) is 0 Å². The Morgan fingerprint density at radius 2 is 1.71 bits per heavy atom. The molecule has 1 rings (SSSR count). The molecule has 0 aromatic carbocycles. The molecule has 0 unspecified atom stereocenters. The van der Waals surface area contributed by atoms with E-state index in [1.807, 2.05) is 0 Å². The van der Waals surface area contributed by atoms with Crippen molar-refractivity contribution in [1.82, 2.24) is 4.72 Å². The molecule has 0 radical (unpaired) electrons. The molecule has 0 atom stereocenters. The van der Waals surface area contributed by atoms with Gasteiger partial charge in [0.15, 0.2) is 0 Å². The summed E-state index contributed by atoms with van der Waals surface area (Å²) in [6, 6.07) is 0. The lowest BCUT2D eigenvalue weighted by molar-refractivity contribution is -0.149. The highest BCUT2D eigenvalue weighted by Gasteiger charge is 2.38. The maximum Gasteiger partial charge on any atom is 0.310 e. The Bertz CT molecular complexity index is 563. The number of sulfonamides is 1. The van der Waals surface area contributed by atoms with Crippen LogP contribution in [0.25, 0.3) is 0 Å². The van der Waals surface area contributed by atoms with Crippen molar-refractivity contribution in [2.75, 3.05) is 18.1 Å². The highest BCUT2D eigenvalue weighted by molar-refractivity contribution is 7.92. The fraction of sp³-hybridized carbons (Fsp3) is 0.917. The molecule has 1 saturated heterocycles. The summed E-state index contributed by atoms with van der Waals surface area (Å²) in [5, 5.41) is 8.52. The quantitative estimate of drug-likeness (QED) is 0.691. The number of carbonyl (C=O) groups is 1. The number of rotatable bonds is 7. The van der Waals surface area contributed by atoms with E-state index in [9.17, 15) is 26.7 Å². The Hall–Kier alpha value is -0.670. The molecule has 0 aromatic rings. The summed E-state index contributed by atoms with van der Waals surface area (Å²) in [6.07, 6.45) is 0.771. The number of sulfone groups is 1. The van der Waals surface area contributed by atoms with Crippen molar-refractivity contribution < 1.29 is 26.7 Å². The zero-order chi connectivity index (χ0) is 16.3. The minimum Gasteiger partial charge on any atom is -0.481 e. The van der Waals surface area contributed by atoms with Crippen LogP contribution in [-0.2, 0) is 24.7 Å². The standard InChI is InChI=1S/C12H23NO6S2/c1-3-12(4-2,11(14)15)9-13-21(18,19)10-5-7-20(16,17)8-6-10/h10,13H,3-9H2,1-2H3,(H,14,15). The molecule has 1 fully saturated rings. The van der Waals surface area contributed by atoms with Gasteiger partial charge in [0.2, 0.25) is 10.0 Å². The fourth-order valence-corrected chi connectivity index (χ4v) is 5.77. The summed E-state index contributed by atoms with van der Waals surface area (Å²) in [5.41, 5.74) is -1.12. The first-order chi connectivity index (χ1) is 9.58. The summed E-state index contributed by atoms with van der Waals surface area (Å²) >= 11 is 0. The van der Waals surface area contributed by atoms with Crippen LogP contribution in [0.4, 0.5) is 0 Å². The lowest BCUT2D eigenvalue weighted by Crippen LogP contribution is -2.46. The monoisotopic (exact) mass is 341 g/mol. The molecule has 1 aliphatic heterocycles. The van der Waals surface area contributed by atoms with Crippen LogP contribution in [0.15, 0.2) is 0 Å². The third-order valence-electron chi connectivity index (χ3n) is 4.36. The molecule has 0 spiro atoms. The van der Waals surface area contributed by atoms with Crippen molar-refractivity contribution in [3.8, 4) is 0 Å². The van der Waals surface area contributed by atoms with Crippen LogP contribution in [0.5, 0.6) is 0 Å². The SMILES string of the molecule is CCC(CC)(CNS(=O)(=O)C1CCS(=O)(=O)CC1)C(=O)O. The van der Waals surface area contributed by atoms with Gasteiger partial charge in [-0.3, -0.25) is 4.79 Å². The number of hydrogen-bond acceptors (Lipinski definition) is 5. The molecule has 7 nitrogen and oxygen atoms in total. The van der Waals surface area contributed by atoms with Gasteiger partial charge in [-0.15, -0.1) is 0 Å². The van der Waals surface area contributed by atoms with E-state index in [0.717, 1.165) is 0 Å². The largest absolute Gasteiger partial charge is 0.481 e. The van der Waals surface area contributed by atoms with Crippen LogP contribution in [0.2, 0.25) is 0 Å². The second-order valence-corrected chi connectivity index (χ2v) is 9.86. The van der Waals surface area contributed by atoms with Crippen LogP contribution < -0.4 is 4.72 Å². The zero-order valence-electron chi connectivity index (χ0n) is 12.3. The highest BCUT2D eigenvalue weighted by atomic mass is 32.2. The minimum atomic E-state index is -3.70. The highest BCUT2D eigenvalue weighted by Crippen LogP contribution is 2.27. The lowest BCUT2D eigenvalue weighted by atomic mass is 9.83. The molecule has 1 aliphatic rings. The fourth-order valence-electron chi connectivity index (χ4n) is 2.41. The smallest absolute Gasteiger partial charge is 0.310 e. The Labute approximate surface area is 126 Å². The molecule has 0 saturated carbocycles. The molecule has 1 heterocycles. The van der Waals surface area contributed by atoms with Crippen molar-refractivity contribution >= 4 is 25.8 Å². The number of carboxylic acid groups (broad SMARTS) is 1. The van der Waals surface area contributed by atoms with Gasteiger partial charge in [0.05, 0.1) is 22.2 Å². The van der Waals surface area contributed by atoms with Crippen molar-refractivity contribution in [3.05, 3.63) is 0 Å². The van der Waals surface area contributed by atoms with Gasteiger partial charge >= 0.3 is 5.97 Å². The molecule has 2 N–H and O–H groups in total. The first kappa shape index (κ1) is 18.4. The molecule has 9 heteroatoms. The van der Waals surface area contributed by atoms with Gasteiger partial charge in [-0.05, 0) is 25.7 Å². The normalized spacial score (nSPS) is 20.3. The second-order valence-electron chi connectivity index (χ2n) is 5.51. The minimum absolute atomic E-state index is 0.0655. The van der Waals surface area contributed by atoms with Crippen LogP contribution in [0.1, 0.15) is 39.5 Å². The maximum absolute atomic E-state index is 12.2. The molecular weight excluding hydrogens is 318 g/mol. The van der Waals surface area contributed by atoms with E-state index in [1.165, 1.54) is 0 Å². The van der Waals surface area contributed by atoms with E-state index in [0.29, 0.717) is 12.8 Å². The Morgan fingerprint density at radius 1 is 1.24 bits per heavy atom. The Kier molecular flexibility index (Phi) is 5.79. The predicted molar refractivity (Wildman–Crippen MR) is 79.2 cm³/mol. The average molecular weight is 341 g/mol. The van der Waals surface area contributed by atoms with Gasteiger partial charge in [-0.25, -0.2) is 21.6 Å². The zero-order valence-corrected chi connectivity index (χ0v) is 14.0. The van der Waals surface area contributed by atoms with Crippen molar-refractivity contribution in [1.29, 1.82) is 0 Å². The summed E-state index contributed by atoms with van der Waals surface area (Å²) in [6.45, 7) is 3.25. The average Bonchev–Trinajstić information content (AvgIpc) is 2.39. The molecule has 0 bridgehead atoms. The van der Waals surface area contributed by atoms with Gasteiger partial charge in [-0.2, -0.15) is 0 Å². The molecule has 0 amide bonds. The van der Waals surface area contributed by atoms with Gasteiger partial charge in [-0.1, -0.05) is 13.8 Å². The summed E-state index contributed by atoms with van der Waals surface area (Å²) in [5.74, 6) is -1.30. The molecule has 21 heavy (non-hydrogen) atoms. The molecular formula is C12H23NO6S2. The van der Waals surface area contributed by atoms with Gasteiger partial charge in [0, 0.05) is 6.54 Å². The van der Waals surface area contributed by atoms with Gasteiger partial charge in [0.1, 0.15) is 9.84 Å². The Morgan fingerprint density at radius 3 is 2.10 bits per heavy atom. The third kappa shape index (κ3) is 4.40. The van der Waals surface area contributed by atoms with E-state index in [-0.39, 0.29) is 30.9 Å². The van der Waals surface area contributed by atoms with Gasteiger partial charge < -0.3 is 5.11 Å². The van der Waals surface area contributed by atoms with E-state index < -0.39 is 36.5 Å². The summed E-state index contributed by atoms with van der Waals surface area (Å²) in [4.78, 5) is 11.3. The number of carboxylic acids is 1. The predicted octanol–water partition coefficient (Wildman–Crippen LogP) is 0.374. The van der Waals surface area contributed by atoms with Gasteiger partial charge in [0.25, 0.3) is 0 Å². The van der Waals surface area contributed by atoms with Crippen LogP contribution >= 0.6 is 0 Å². The maximum atomic E-state index is 12.2. The third-order valence-corrected chi connectivity index (χ3v) is 7.97. The van der Waals surface area contributed by atoms with Crippen LogP contribution in [0, 0.1) is 5.41 Å². The van der Waals surface area contributed by atoms with Crippen LogP contribution in [0.3, 0.4) is 0 Å². The van der Waals surface area contributed by atoms with E-state index >= 15 is 0 Å². The first-order valence-corrected chi connectivity index (χ1v) is 10.4. The first-order valence-electron chi connectivity index (χ1n) is 7.01. The topological polar surface area (TPSA) is 118 Å². The van der Waals surface area contributed by atoms with Crippen molar-refractivity contribution in [2.24, 2.45) is 5.41 Å².